The third kappa shape index (κ3) is 6.57. The lowest BCUT2D eigenvalue weighted by atomic mass is 10.0. The largest absolute Gasteiger partial charge is 0.379 e. The molecule has 8 nitrogen and oxygen atoms in total. The molecule has 1 N–H and O–H groups in total. The summed E-state index contributed by atoms with van der Waals surface area (Å²) in [6.07, 6.45) is 1.64. The number of morpholine rings is 1. The summed E-state index contributed by atoms with van der Waals surface area (Å²) in [6.45, 7) is 14.0. The molecule has 0 bridgehead atoms. The second kappa shape index (κ2) is 11.9. The highest BCUT2D eigenvalue weighted by Gasteiger charge is 2.25. The highest BCUT2D eigenvalue weighted by Crippen LogP contribution is 2.13. The molecule has 1 aromatic rings. The lowest BCUT2D eigenvalue weighted by Crippen LogP contribution is -2.56. The molecule has 3 heterocycles. The van der Waals surface area contributed by atoms with Gasteiger partial charge in [-0.1, -0.05) is 19.0 Å². The van der Waals surface area contributed by atoms with Gasteiger partial charge in [-0.15, -0.1) is 24.0 Å². The lowest BCUT2D eigenvalue weighted by molar-refractivity contribution is 0.00734. The second-order valence-electron chi connectivity index (χ2n) is 7.64. The Balaban J connectivity index is 0.00000280. The van der Waals surface area contributed by atoms with Gasteiger partial charge in [-0.05, 0) is 5.92 Å². The van der Waals surface area contributed by atoms with Gasteiger partial charge in [0.1, 0.15) is 6.26 Å². The van der Waals surface area contributed by atoms with Crippen LogP contribution in [0.4, 0.5) is 0 Å². The Morgan fingerprint density at radius 3 is 2.46 bits per heavy atom. The maximum atomic E-state index is 5.51. The van der Waals surface area contributed by atoms with E-state index < -0.39 is 0 Å². The Kier molecular flexibility index (Phi) is 9.96. The summed E-state index contributed by atoms with van der Waals surface area (Å²) in [5.41, 5.74) is 0.997. The summed E-state index contributed by atoms with van der Waals surface area (Å²) < 4.78 is 10.4. The number of aromatic nitrogens is 1. The molecule has 28 heavy (non-hydrogen) atoms. The van der Waals surface area contributed by atoms with Crippen molar-refractivity contribution in [2.24, 2.45) is 10.9 Å². The van der Waals surface area contributed by atoms with Crippen LogP contribution < -0.4 is 5.32 Å². The Morgan fingerprint density at radius 2 is 1.89 bits per heavy atom. The number of aliphatic imine (C=N–C) groups is 1. The quantitative estimate of drug-likeness (QED) is 0.355. The molecule has 9 heteroatoms. The first-order chi connectivity index (χ1) is 13.2. The maximum absolute atomic E-state index is 5.51. The van der Waals surface area contributed by atoms with Gasteiger partial charge in [-0.3, -0.25) is 14.8 Å². The zero-order valence-corrected chi connectivity index (χ0v) is 19.7. The average molecular weight is 506 g/mol. The highest BCUT2D eigenvalue weighted by molar-refractivity contribution is 14.0. The predicted octanol–water partition coefficient (Wildman–Crippen LogP) is 1.34. The van der Waals surface area contributed by atoms with Crippen LogP contribution in [0, 0.1) is 5.92 Å². The van der Waals surface area contributed by atoms with E-state index in [1.54, 1.807) is 6.26 Å². The molecule has 2 saturated heterocycles. The summed E-state index contributed by atoms with van der Waals surface area (Å²) in [5, 5.41) is 7.64. The van der Waals surface area contributed by atoms with Crippen molar-refractivity contribution < 1.29 is 9.26 Å². The third-order valence-electron chi connectivity index (χ3n) is 5.51. The van der Waals surface area contributed by atoms with Gasteiger partial charge < -0.3 is 19.5 Å². The van der Waals surface area contributed by atoms with Crippen LogP contribution in [0.1, 0.15) is 19.5 Å². The summed E-state index contributed by atoms with van der Waals surface area (Å²) >= 11 is 0. The summed E-state index contributed by atoms with van der Waals surface area (Å²) in [4.78, 5) is 11.8. The molecule has 0 saturated carbocycles. The van der Waals surface area contributed by atoms with Crippen molar-refractivity contribution in [2.75, 3.05) is 66.1 Å². The minimum Gasteiger partial charge on any atom is -0.379 e. The van der Waals surface area contributed by atoms with Crippen LogP contribution in [0.25, 0.3) is 0 Å². The molecule has 0 radical (unpaired) electrons. The van der Waals surface area contributed by atoms with E-state index >= 15 is 0 Å². The Bertz CT molecular complexity index is 569. The Morgan fingerprint density at radius 1 is 1.18 bits per heavy atom. The van der Waals surface area contributed by atoms with E-state index in [-0.39, 0.29) is 24.0 Å². The van der Waals surface area contributed by atoms with Gasteiger partial charge in [0.15, 0.2) is 5.96 Å². The van der Waals surface area contributed by atoms with Crippen molar-refractivity contribution in [3.8, 4) is 0 Å². The van der Waals surface area contributed by atoms with E-state index in [1.165, 1.54) is 0 Å². The molecule has 0 aliphatic carbocycles. The van der Waals surface area contributed by atoms with Crippen LogP contribution in [0.5, 0.6) is 0 Å². The molecular formula is C19H35IN6O2. The molecule has 0 spiro atoms. The fraction of sp³-hybridized carbons (Fsp3) is 0.789. The highest BCUT2D eigenvalue weighted by atomic mass is 127. The number of hydrogen-bond acceptors (Lipinski definition) is 6. The van der Waals surface area contributed by atoms with Crippen molar-refractivity contribution in [1.82, 2.24) is 25.2 Å². The van der Waals surface area contributed by atoms with Crippen molar-refractivity contribution in [3.63, 3.8) is 0 Å². The Hall–Kier alpha value is -0.910. The molecule has 2 aliphatic heterocycles. The van der Waals surface area contributed by atoms with Gasteiger partial charge in [-0.25, -0.2) is 0 Å². The number of nitrogens with zero attached hydrogens (tertiary/aromatic N) is 5. The van der Waals surface area contributed by atoms with Gasteiger partial charge in [0.25, 0.3) is 0 Å². The average Bonchev–Trinajstić information content (AvgIpc) is 3.20. The monoisotopic (exact) mass is 506 g/mol. The minimum atomic E-state index is 0. The first-order valence-corrected chi connectivity index (χ1v) is 10.1. The number of piperazine rings is 1. The van der Waals surface area contributed by atoms with Gasteiger partial charge in [0.2, 0.25) is 0 Å². The smallest absolute Gasteiger partial charge is 0.193 e. The van der Waals surface area contributed by atoms with Crippen LogP contribution in [0.15, 0.2) is 21.8 Å². The summed E-state index contributed by atoms with van der Waals surface area (Å²) in [5.74, 6) is 1.60. The summed E-state index contributed by atoms with van der Waals surface area (Å²) in [7, 11) is 1.88. The number of rotatable bonds is 6. The molecule has 160 valence electrons. The van der Waals surface area contributed by atoms with Crippen LogP contribution in [-0.4, -0.2) is 97.9 Å². The van der Waals surface area contributed by atoms with E-state index in [0.29, 0.717) is 12.0 Å². The first kappa shape index (κ1) is 23.4. The summed E-state index contributed by atoms with van der Waals surface area (Å²) in [6, 6.07) is 2.43. The number of ether oxygens (including phenoxy) is 1. The van der Waals surface area contributed by atoms with Crippen LogP contribution >= 0.6 is 24.0 Å². The molecule has 1 unspecified atom stereocenters. The molecule has 2 fully saturated rings. The number of hydrogen-bond donors (Lipinski definition) is 1. The fourth-order valence-corrected chi connectivity index (χ4v) is 3.89. The van der Waals surface area contributed by atoms with Crippen LogP contribution in [-0.2, 0) is 11.3 Å². The maximum Gasteiger partial charge on any atom is 0.193 e. The van der Waals surface area contributed by atoms with Crippen LogP contribution in [0.3, 0.4) is 0 Å². The van der Waals surface area contributed by atoms with E-state index in [1.807, 2.05) is 13.1 Å². The molecular weight excluding hydrogens is 471 g/mol. The number of guanidine groups is 1. The second-order valence-corrected chi connectivity index (χ2v) is 7.64. The number of nitrogens with one attached hydrogen (secondary N) is 1. The fourth-order valence-electron chi connectivity index (χ4n) is 3.89. The van der Waals surface area contributed by atoms with E-state index in [2.05, 4.69) is 44.0 Å². The minimum absolute atomic E-state index is 0. The number of halogens is 1. The molecule has 2 aliphatic rings. The van der Waals surface area contributed by atoms with Crippen molar-refractivity contribution in [2.45, 2.75) is 26.4 Å². The Labute approximate surface area is 185 Å². The lowest BCUT2D eigenvalue weighted by Gasteiger charge is -2.39. The van der Waals surface area contributed by atoms with Crippen LogP contribution in [0.2, 0.25) is 0 Å². The predicted molar refractivity (Wildman–Crippen MR) is 121 cm³/mol. The van der Waals surface area contributed by atoms with E-state index in [4.69, 9.17) is 9.26 Å². The van der Waals surface area contributed by atoms with Crippen molar-refractivity contribution in [1.29, 1.82) is 0 Å². The van der Waals surface area contributed by atoms with Gasteiger partial charge in [0, 0.05) is 71.5 Å². The zero-order valence-electron chi connectivity index (χ0n) is 17.3. The third-order valence-corrected chi connectivity index (χ3v) is 5.51. The SMILES string of the molecule is CN=C(NCC(C(C)C)N1CCOCC1)N1CCN(Cc2ccon2)CC1.I. The first-order valence-electron chi connectivity index (χ1n) is 10.1. The van der Waals surface area contributed by atoms with Gasteiger partial charge >= 0.3 is 0 Å². The standard InChI is InChI=1S/C19H34N6O2.HI/c1-16(2)18(24-9-12-26-13-10-24)14-21-19(20-3)25-7-5-23(6-8-25)15-17-4-11-27-22-17;/h4,11,16,18H,5-10,12-15H2,1-3H3,(H,20,21);1H. The van der Waals surface area contributed by atoms with Crippen molar-refractivity contribution >= 4 is 29.9 Å². The van der Waals surface area contributed by atoms with E-state index in [0.717, 1.165) is 77.2 Å². The molecule has 0 aromatic carbocycles. The molecule has 0 amide bonds. The van der Waals surface area contributed by atoms with Crippen molar-refractivity contribution in [3.05, 3.63) is 18.0 Å². The molecule has 1 atom stereocenters. The van der Waals surface area contributed by atoms with E-state index in [9.17, 15) is 0 Å². The normalized spacial score (nSPS) is 20.9. The topological polar surface area (TPSA) is 69.4 Å². The van der Waals surface area contributed by atoms with Gasteiger partial charge in [0.05, 0.1) is 18.9 Å². The zero-order chi connectivity index (χ0) is 19.1. The van der Waals surface area contributed by atoms with Gasteiger partial charge in [-0.2, -0.15) is 0 Å². The molecule has 3 rings (SSSR count). The molecule has 1 aromatic heterocycles.